The molecule has 0 bridgehead atoms. The molecule has 0 aromatic heterocycles. The van der Waals surface area contributed by atoms with Gasteiger partial charge in [0, 0.05) is 18.7 Å². The molecule has 1 N–H and O–H groups in total. The Bertz CT molecular complexity index is 894. The summed E-state index contributed by atoms with van der Waals surface area (Å²) in [6, 6.07) is 11.9. The Hall–Kier alpha value is -2.45. The summed E-state index contributed by atoms with van der Waals surface area (Å²) in [5.41, 5.74) is 0.348. The Labute approximate surface area is 158 Å². The number of sulfonamides is 1. The lowest BCUT2D eigenvalue weighted by Gasteiger charge is -2.15. The van der Waals surface area contributed by atoms with Crippen molar-refractivity contribution in [2.24, 2.45) is 0 Å². The predicted molar refractivity (Wildman–Crippen MR) is 98.7 cm³/mol. The average molecular weight is 392 g/mol. The minimum absolute atomic E-state index is 0.119. The summed E-state index contributed by atoms with van der Waals surface area (Å²) in [4.78, 5) is 12.3. The Morgan fingerprint density at radius 1 is 1.07 bits per heavy atom. The molecule has 27 heavy (non-hydrogen) atoms. The molecular weight excluding hydrogens is 371 g/mol. The summed E-state index contributed by atoms with van der Waals surface area (Å²) in [6.45, 7) is 1.38. The summed E-state index contributed by atoms with van der Waals surface area (Å²) in [6.07, 6.45) is 1.74. The first-order valence-electron chi connectivity index (χ1n) is 8.74. The molecule has 8 heteroatoms. The van der Waals surface area contributed by atoms with E-state index in [1.165, 1.54) is 40.7 Å². The standard InChI is InChI=1S/C19H21FN2O4S/c20-17-5-1-2-6-18(17)26-14-11-21-19(23)15-7-9-16(10-8-15)27(24,25)22-12-3-4-13-22/h1-2,5-10H,3-4,11-14H2,(H,21,23). The van der Waals surface area contributed by atoms with Gasteiger partial charge in [-0.1, -0.05) is 12.1 Å². The van der Waals surface area contributed by atoms with Gasteiger partial charge in [0.1, 0.15) is 6.61 Å². The number of nitrogens with zero attached hydrogens (tertiary/aromatic N) is 1. The van der Waals surface area contributed by atoms with Crippen molar-refractivity contribution in [3.8, 4) is 5.75 Å². The van der Waals surface area contributed by atoms with Crippen molar-refractivity contribution >= 4 is 15.9 Å². The van der Waals surface area contributed by atoms with Crippen molar-refractivity contribution < 1.29 is 22.3 Å². The summed E-state index contributed by atoms with van der Waals surface area (Å²) in [5.74, 6) is -0.681. The quantitative estimate of drug-likeness (QED) is 0.735. The maximum absolute atomic E-state index is 13.4. The number of ether oxygens (including phenoxy) is 1. The molecule has 1 aliphatic rings. The maximum Gasteiger partial charge on any atom is 0.251 e. The number of amides is 1. The molecule has 1 heterocycles. The van der Waals surface area contributed by atoms with Crippen LogP contribution in [0.25, 0.3) is 0 Å². The van der Waals surface area contributed by atoms with Gasteiger partial charge in [0.2, 0.25) is 10.0 Å². The van der Waals surface area contributed by atoms with E-state index in [0.29, 0.717) is 18.7 Å². The first kappa shape index (κ1) is 19.3. The smallest absolute Gasteiger partial charge is 0.251 e. The van der Waals surface area contributed by atoms with E-state index < -0.39 is 15.8 Å². The zero-order chi connectivity index (χ0) is 19.3. The minimum atomic E-state index is -3.49. The highest BCUT2D eigenvalue weighted by molar-refractivity contribution is 7.89. The summed E-state index contributed by atoms with van der Waals surface area (Å²) >= 11 is 0. The van der Waals surface area contributed by atoms with Gasteiger partial charge in [-0.05, 0) is 49.2 Å². The highest BCUT2D eigenvalue weighted by Gasteiger charge is 2.27. The molecule has 0 spiro atoms. The number of hydrogen-bond donors (Lipinski definition) is 1. The number of benzene rings is 2. The maximum atomic E-state index is 13.4. The van der Waals surface area contributed by atoms with Crippen LogP contribution in [0.3, 0.4) is 0 Å². The molecule has 1 aliphatic heterocycles. The Kier molecular flexibility index (Phi) is 6.08. The first-order valence-corrected chi connectivity index (χ1v) is 10.2. The van der Waals surface area contributed by atoms with Crippen LogP contribution in [0.5, 0.6) is 5.75 Å². The van der Waals surface area contributed by atoms with Crippen LogP contribution in [0.2, 0.25) is 0 Å². The lowest BCUT2D eigenvalue weighted by Crippen LogP contribution is -2.29. The van der Waals surface area contributed by atoms with Gasteiger partial charge in [-0.25, -0.2) is 12.8 Å². The zero-order valence-corrected chi connectivity index (χ0v) is 15.5. The fourth-order valence-electron chi connectivity index (χ4n) is 2.85. The van der Waals surface area contributed by atoms with Crippen LogP contribution in [0.4, 0.5) is 4.39 Å². The zero-order valence-electron chi connectivity index (χ0n) is 14.7. The molecule has 0 aliphatic carbocycles. The monoisotopic (exact) mass is 392 g/mol. The van der Waals surface area contributed by atoms with Crippen LogP contribution in [-0.2, 0) is 10.0 Å². The van der Waals surface area contributed by atoms with Gasteiger partial charge in [0.25, 0.3) is 5.91 Å². The largest absolute Gasteiger partial charge is 0.489 e. The number of para-hydroxylation sites is 1. The van der Waals surface area contributed by atoms with Crippen LogP contribution in [0, 0.1) is 5.82 Å². The van der Waals surface area contributed by atoms with E-state index in [1.807, 2.05) is 0 Å². The molecule has 0 unspecified atom stereocenters. The molecule has 2 aromatic rings. The molecule has 1 amide bonds. The summed E-state index contributed by atoms with van der Waals surface area (Å²) in [7, 11) is -3.49. The highest BCUT2D eigenvalue weighted by Crippen LogP contribution is 2.21. The van der Waals surface area contributed by atoms with Gasteiger partial charge in [0.15, 0.2) is 11.6 Å². The number of nitrogens with one attached hydrogen (secondary N) is 1. The fourth-order valence-corrected chi connectivity index (χ4v) is 4.36. The number of hydrogen-bond acceptors (Lipinski definition) is 4. The summed E-state index contributed by atoms with van der Waals surface area (Å²) in [5, 5.41) is 2.66. The molecule has 0 saturated carbocycles. The lowest BCUT2D eigenvalue weighted by atomic mass is 10.2. The molecule has 0 radical (unpaired) electrons. The molecule has 3 rings (SSSR count). The van der Waals surface area contributed by atoms with Crippen molar-refractivity contribution in [2.75, 3.05) is 26.2 Å². The van der Waals surface area contributed by atoms with Gasteiger partial charge in [0.05, 0.1) is 11.4 Å². The molecule has 144 valence electrons. The normalized spacial score (nSPS) is 14.9. The average Bonchev–Trinajstić information content (AvgIpc) is 3.22. The third kappa shape index (κ3) is 4.64. The van der Waals surface area contributed by atoms with E-state index in [0.717, 1.165) is 12.8 Å². The van der Waals surface area contributed by atoms with E-state index in [-0.39, 0.29) is 29.7 Å². The van der Waals surface area contributed by atoms with Crippen LogP contribution in [0.1, 0.15) is 23.2 Å². The number of carbonyl (C=O) groups excluding carboxylic acids is 1. The van der Waals surface area contributed by atoms with Crippen LogP contribution in [0.15, 0.2) is 53.4 Å². The number of halogens is 1. The lowest BCUT2D eigenvalue weighted by molar-refractivity contribution is 0.0946. The van der Waals surface area contributed by atoms with Gasteiger partial charge >= 0.3 is 0 Å². The molecule has 0 atom stereocenters. The van der Waals surface area contributed by atoms with Crippen LogP contribution >= 0.6 is 0 Å². The van der Waals surface area contributed by atoms with E-state index in [2.05, 4.69) is 5.32 Å². The van der Waals surface area contributed by atoms with Crippen molar-refractivity contribution in [3.63, 3.8) is 0 Å². The second-order valence-corrected chi connectivity index (χ2v) is 8.11. The van der Waals surface area contributed by atoms with E-state index in [4.69, 9.17) is 4.74 Å². The summed E-state index contributed by atoms with van der Waals surface area (Å²) < 4.78 is 45.1. The number of carbonyl (C=O) groups is 1. The SMILES string of the molecule is O=C(NCCOc1ccccc1F)c1ccc(S(=O)(=O)N2CCCC2)cc1. The van der Waals surface area contributed by atoms with Crippen LogP contribution in [-0.4, -0.2) is 44.9 Å². The van der Waals surface area contributed by atoms with Gasteiger partial charge in [-0.3, -0.25) is 4.79 Å². The molecule has 1 fully saturated rings. The second-order valence-electron chi connectivity index (χ2n) is 6.17. The van der Waals surface area contributed by atoms with E-state index in [1.54, 1.807) is 12.1 Å². The van der Waals surface area contributed by atoms with Crippen molar-refractivity contribution in [1.82, 2.24) is 9.62 Å². The highest BCUT2D eigenvalue weighted by atomic mass is 32.2. The first-order chi connectivity index (χ1) is 13.0. The molecule has 6 nitrogen and oxygen atoms in total. The van der Waals surface area contributed by atoms with Gasteiger partial charge in [-0.2, -0.15) is 4.31 Å². The number of rotatable bonds is 7. The fraction of sp³-hybridized carbons (Fsp3) is 0.316. The topological polar surface area (TPSA) is 75.7 Å². The second kappa shape index (κ2) is 8.49. The molecular formula is C19H21FN2O4S. The molecule has 1 saturated heterocycles. The Balaban J connectivity index is 1.52. The van der Waals surface area contributed by atoms with E-state index >= 15 is 0 Å². The van der Waals surface area contributed by atoms with Crippen molar-refractivity contribution in [2.45, 2.75) is 17.7 Å². The molecule has 2 aromatic carbocycles. The van der Waals surface area contributed by atoms with Gasteiger partial charge in [-0.15, -0.1) is 0 Å². The minimum Gasteiger partial charge on any atom is -0.489 e. The van der Waals surface area contributed by atoms with Crippen LogP contribution < -0.4 is 10.1 Å². The third-order valence-corrected chi connectivity index (χ3v) is 6.21. The van der Waals surface area contributed by atoms with Gasteiger partial charge < -0.3 is 10.1 Å². The predicted octanol–water partition coefficient (Wildman–Crippen LogP) is 2.42. The third-order valence-electron chi connectivity index (χ3n) is 4.30. The Morgan fingerprint density at radius 2 is 1.74 bits per heavy atom. The Morgan fingerprint density at radius 3 is 2.41 bits per heavy atom. The van der Waals surface area contributed by atoms with E-state index in [9.17, 15) is 17.6 Å². The van der Waals surface area contributed by atoms with Crippen molar-refractivity contribution in [3.05, 3.63) is 59.9 Å². The van der Waals surface area contributed by atoms with Crippen molar-refractivity contribution in [1.29, 1.82) is 0 Å².